The first-order valence-corrected chi connectivity index (χ1v) is 26.9. The number of rotatable bonds is 13. The van der Waals surface area contributed by atoms with Crippen LogP contribution in [0.4, 0.5) is 49.4 Å². The minimum absolute atomic E-state index is 0. The predicted octanol–water partition coefficient (Wildman–Crippen LogP) is 7.27. The number of nitrogens with zero attached hydrogens (tertiary/aromatic N) is 7. The second-order valence-electron chi connectivity index (χ2n) is 21.6. The second kappa shape index (κ2) is 29.8. The minimum Gasteiger partial charge on any atom is -0.444 e. The fourth-order valence-corrected chi connectivity index (χ4v) is 8.75. The van der Waals surface area contributed by atoms with Gasteiger partial charge in [0, 0.05) is 58.9 Å². The van der Waals surface area contributed by atoms with Crippen LogP contribution >= 0.6 is 12.4 Å². The van der Waals surface area contributed by atoms with Crippen molar-refractivity contribution in [1.82, 2.24) is 55.3 Å². The van der Waals surface area contributed by atoms with Gasteiger partial charge in [0.2, 0.25) is 0 Å². The van der Waals surface area contributed by atoms with Crippen molar-refractivity contribution < 1.29 is 42.9 Å². The van der Waals surface area contributed by atoms with Crippen LogP contribution in [0.25, 0.3) is 22.6 Å². The molecule has 3 aliphatic rings. The first kappa shape index (κ1) is 64.9. The number of ether oxygens (including phenoxy) is 5. The Balaban J connectivity index is 0.000000202. The average Bonchev–Trinajstić information content (AvgIpc) is 3.40. The van der Waals surface area contributed by atoms with E-state index in [1.165, 1.54) is 18.0 Å². The van der Waals surface area contributed by atoms with Crippen LogP contribution in [0.15, 0.2) is 73.2 Å². The van der Waals surface area contributed by atoms with Gasteiger partial charge in [-0.3, -0.25) is 50.2 Å². The molecule has 0 unspecified atom stereocenters. The number of nitrogens with one attached hydrogen (secondary N) is 8. The van der Waals surface area contributed by atoms with Gasteiger partial charge in [0.1, 0.15) is 28.3 Å². The summed E-state index contributed by atoms with van der Waals surface area (Å²) in [5.74, 6) is -0.242. The molecule has 84 heavy (non-hydrogen) atoms. The number of H-pyrrole nitrogens is 4. The lowest BCUT2D eigenvalue weighted by molar-refractivity contribution is 0.0341. The molecule has 0 saturated carbocycles. The summed E-state index contributed by atoms with van der Waals surface area (Å²) in [5, 5.41) is 30.2. The van der Waals surface area contributed by atoms with Gasteiger partial charge in [-0.1, -0.05) is 25.6 Å². The monoisotopic (exact) mass is 1180 g/mol. The van der Waals surface area contributed by atoms with E-state index in [4.69, 9.17) is 40.9 Å². The summed E-state index contributed by atoms with van der Waals surface area (Å²) in [6, 6.07) is 17.4. The maximum atomic E-state index is 12.8. The number of hydrogen-bond donors (Lipinski definition) is 11. The van der Waals surface area contributed by atoms with E-state index in [9.17, 15) is 19.2 Å². The summed E-state index contributed by atoms with van der Waals surface area (Å²) < 4.78 is 26.5. The fourth-order valence-electron chi connectivity index (χ4n) is 8.75. The molecule has 0 bridgehead atoms. The third-order valence-electron chi connectivity index (χ3n) is 12.7. The molecule has 0 atom stereocenters. The summed E-state index contributed by atoms with van der Waals surface area (Å²) in [6.07, 6.45) is 2.92. The van der Waals surface area contributed by atoms with Crippen LogP contribution in [0.5, 0.6) is 0 Å². The van der Waals surface area contributed by atoms with E-state index in [0.29, 0.717) is 47.5 Å². The summed E-state index contributed by atoms with van der Waals surface area (Å²) in [4.78, 5) is 64.2. The zero-order valence-electron chi connectivity index (χ0n) is 47.5. The molecule has 3 saturated heterocycles. The average molecular weight is 1180 g/mol. The Bertz CT molecular complexity index is 3270. The third-order valence-corrected chi connectivity index (χ3v) is 12.7. The van der Waals surface area contributed by atoms with Crippen LogP contribution in [-0.2, 0) is 43.3 Å². The molecule has 0 radical (unpaired) electrons. The van der Waals surface area contributed by atoms with Crippen molar-refractivity contribution >= 4 is 87.3 Å². The number of aromatic nitrogens is 8. The molecule has 454 valence electrons. The molecule has 3 aromatic carbocycles. The van der Waals surface area contributed by atoms with Crippen molar-refractivity contribution in [2.75, 3.05) is 117 Å². The highest BCUT2D eigenvalue weighted by molar-refractivity contribution is 6.10. The zero-order chi connectivity index (χ0) is 58.4. The van der Waals surface area contributed by atoms with E-state index in [-0.39, 0.29) is 42.6 Å². The summed E-state index contributed by atoms with van der Waals surface area (Å²) >= 11 is 0. The Morgan fingerprint density at radius 2 is 0.976 bits per heavy atom. The molecule has 4 aromatic heterocycles. The van der Waals surface area contributed by atoms with Gasteiger partial charge >= 0.3 is 12.2 Å². The Hall–Kier alpha value is -8.31. The molecule has 0 spiro atoms. The highest BCUT2D eigenvalue weighted by atomic mass is 35.5. The molecule has 3 fully saturated rings. The van der Waals surface area contributed by atoms with Gasteiger partial charge in [0.15, 0.2) is 5.82 Å². The number of carbonyl (C=O) groups excluding carboxylic acids is 4. The zero-order valence-corrected chi connectivity index (χ0v) is 48.3. The molecule has 28 heteroatoms. The van der Waals surface area contributed by atoms with Crippen LogP contribution in [0.3, 0.4) is 0 Å². The molecule has 3 aliphatic heterocycles. The van der Waals surface area contributed by atoms with E-state index in [1.807, 2.05) is 30.3 Å². The van der Waals surface area contributed by atoms with Gasteiger partial charge in [-0.15, -0.1) is 12.4 Å². The van der Waals surface area contributed by atoms with Crippen LogP contribution in [0.1, 0.15) is 86.6 Å². The van der Waals surface area contributed by atoms with Crippen molar-refractivity contribution in [3.05, 3.63) is 101 Å². The van der Waals surface area contributed by atoms with Crippen molar-refractivity contribution in [3.63, 3.8) is 0 Å². The second-order valence-corrected chi connectivity index (χ2v) is 21.6. The van der Waals surface area contributed by atoms with Crippen LogP contribution in [-0.4, -0.2) is 169 Å². The molecule has 7 aromatic rings. The number of halogens is 1. The maximum absolute atomic E-state index is 12.8. The Labute approximate surface area is 493 Å². The first-order valence-electron chi connectivity index (χ1n) is 26.9. The number of anilines is 7. The molecule has 4 amide bonds. The number of aromatic amines is 4. The molecule has 7 heterocycles. The number of fused-ring (bicyclic) bond motifs is 1. The third kappa shape index (κ3) is 19.1. The topological polar surface area (TPSA) is 365 Å². The highest BCUT2D eigenvalue weighted by Crippen LogP contribution is 2.27. The van der Waals surface area contributed by atoms with Crippen molar-refractivity contribution in [2.24, 2.45) is 0 Å². The van der Waals surface area contributed by atoms with Crippen LogP contribution in [0, 0.1) is 0 Å². The summed E-state index contributed by atoms with van der Waals surface area (Å²) in [7, 11) is 0. The SMILES string of the molecule is C.CC(C)(C)OC(=O)Nc1cn[nH]c1C(=O)Nc1cc(CN2CCOCC2)ccc1N.CC(C)(C)OC(=O)Nc1cn[nH]c1C(=O)Nc1ccc(CN2CCOCC2)cc1N.Cl.Nc1cn[nH]c1-c1nc2ccc(CN3CCOCC3)cc2[nH]1. The molecule has 0 aliphatic carbocycles. The number of benzene rings is 3. The van der Waals surface area contributed by atoms with Crippen molar-refractivity contribution in [1.29, 1.82) is 0 Å². The highest BCUT2D eigenvalue weighted by Gasteiger charge is 2.24. The quantitative estimate of drug-likeness (QED) is 0.0505. The standard InChI is InChI=1S/2C20H28N6O4.C15H18N6O.CH4.ClH/c1-20(2,3)30-19(28)24-16-11-22-25-17(16)18(27)23-15-5-4-13(10-14(15)21)12-26-6-8-29-9-7-26;1-20(2,3)30-19(28)24-16-11-22-25-17(16)18(27)23-15-10-13(4-5-14(15)21)12-26-6-8-29-9-7-26;16-11-8-17-20-14(11)15-18-12-2-1-10(7-13(12)19-15)9-21-3-5-22-6-4-21;;/h2*4-5,10-11H,6-9,12,21H2,1-3H3,(H,22,25)(H,23,27)(H,24,28);1-2,7-8H,3-6,9,16H2,(H,17,20)(H,18,19);1H4;1H. The first-order chi connectivity index (χ1) is 39.2. The number of imidazole rings is 1. The molecule has 27 nitrogen and oxygen atoms in total. The predicted molar refractivity (Wildman–Crippen MR) is 325 cm³/mol. The number of carbonyl (C=O) groups is 4. The lowest BCUT2D eigenvalue weighted by atomic mass is 10.1. The van der Waals surface area contributed by atoms with Gasteiger partial charge < -0.3 is 56.5 Å². The van der Waals surface area contributed by atoms with E-state index >= 15 is 0 Å². The number of amides is 4. The number of hydrogen-bond acceptors (Lipinski definition) is 19. The van der Waals surface area contributed by atoms with Gasteiger partial charge in [-0.2, -0.15) is 15.3 Å². The van der Waals surface area contributed by atoms with E-state index in [1.54, 1.807) is 59.9 Å². The Morgan fingerprint density at radius 1 is 0.536 bits per heavy atom. The van der Waals surface area contributed by atoms with E-state index < -0.39 is 35.2 Å². The van der Waals surface area contributed by atoms with Gasteiger partial charge in [0.25, 0.3) is 11.8 Å². The normalized spacial score (nSPS) is 14.9. The largest absolute Gasteiger partial charge is 0.444 e. The molecular weight excluding hydrogens is 1100 g/mol. The van der Waals surface area contributed by atoms with Gasteiger partial charge in [-0.25, -0.2) is 14.6 Å². The van der Waals surface area contributed by atoms with Gasteiger partial charge in [0.05, 0.1) is 109 Å². The molecular formula is C56H79ClN18O9. The summed E-state index contributed by atoms with van der Waals surface area (Å²) in [5.41, 5.74) is 25.8. The number of nitrogen functional groups attached to an aromatic ring is 3. The fraction of sp³-hybridized carbons (Fsp3) is 0.429. The van der Waals surface area contributed by atoms with Crippen LogP contribution in [0.2, 0.25) is 0 Å². The summed E-state index contributed by atoms with van der Waals surface area (Å²) in [6.45, 7) is 22.9. The van der Waals surface area contributed by atoms with E-state index in [0.717, 1.165) is 113 Å². The lowest BCUT2D eigenvalue weighted by Gasteiger charge is -2.26. The van der Waals surface area contributed by atoms with E-state index in [2.05, 4.69) is 88.7 Å². The minimum atomic E-state index is -0.676. The Morgan fingerprint density at radius 3 is 1.44 bits per heavy atom. The molecule has 14 N–H and O–H groups in total. The number of morpholine rings is 3. The Kier molecular flexibility index (Phi) is 23.0. The maximum Gasteiger partial charge on any atom is 0.412 e. The van der Waals surface area contributed by atoms with Crippen molar-refractivity contribution in [3.8, 4) is 11.5 Å². The van der Waals surface area contributed by atoms with Crippen LogP contribution < -0.4 is 38.5 Å². The number of nitrogens with two attached hydrogens (primary N) is 3. The lowest BCUT2D eigenvalue weighted by Crippen LogP contribution is -2.35. The van der Waals surface area contributed by atoms with Crippen molar-refractivity contribution in [2.45, 2.75) is 79.8 Å². The van der Waals surface area contributed by atoms with Gasteiger partial charge in [-0.05, 0) is 94.6 Å². The molecule has 10 rings (SSSR count). The smallest absolute Gasteiger partial charge is 0.412 e.